The molecule has 0 amide bonds. The molecule has 2 aromatic heterocycles. The van der Waals surface area contributed by atoms with Crippen molar-refractivity contribution in [2.24, 2.45) is 0 Å². The van der Waals surface area contributed by atoms with Gasteiger partial charge in [0.2, 0.25) is 0 Å². The van der Waals surface area contributed by atoms with Crippen LogP contribution in [0.15, 0.2) is 62.1 Å². The van der Waals surface area contributed by atoms with Gasteiger partial charge in [0.25, 0.3) is 0 Å². The largest absolute Gasteiger partial charge is 0.456 e. The monoisotopic (exact) mass is 376 g/mol. The number of para-hydroxylation sites is 1. The van der Waals surface area contributed by atoms with Gasteiger partial charge in [-0.2, -0.15) is 0 Å². The molecule has 0 fully saturated rings. The van der Waals surface area contributed by atoms with Crippen LogP contribution in [0.5, 0.6) is 0 Å². The Kier molecular flexibility index (Phi) is 3.29. The number of furan rings is 1. The van der Waals surface area contributed by atoms with Crippen molar-refractivity contribution < 1.29 is 4.42 Å². The summed E-state index contributed by atoms with van der Waals surface area (Å²) in [6, 6.07) is 16.3. The van der Waals surface area contributed by atoms with Crippen molar-refractivity contribution in [2.45, 2.75) is 5.38 Å². The number of thiophene rings is 1. The van der Waals surface area contributed by atoms with E-state index in [2.05, 4.69) is 39.5 Å². The van der Waals surface area contributed by atoms with E-state index in [9.17, 15) is 0 Å². The van der Waals surface area contributed by atoms with Crippen LogP contribution in [0.1, 0.15) is 16.5 Å². The highest BCUT2D eigenvalue weighted by molar-refractivity contribution is 9.11. The predicted molar refractivity (Wildman–Crippen MR) is 93.4 cm³/mol. The number of fused-ring (bicyclic) bond motifs is 3. The van der Waals surface area contributed by atoms with Gasteiger partial charge >= 0.3 is 0 Å². The first-order chi connectivity index (χ1) is 10.2. The molecular formula is C17H10BrClOS. The van der Waals surface area contributed by atoms with Gasteiger partial charge in [0, 0.05) is 10.8 Å². The highest BCUT2D eigenvalue weighted by atomic mass is 79.9. The maximum atomic E-state index is 6.62. The Morgan fingerprint density at radius 3 is 2.57 bits per heavy atom. The van der Waals surface area contributed by atoms with Crippen molar-refractivity contribution >= 4 is 60.8 Å². The summed E-state index contributed by atoms with van der Waals surface area (Å²) in [5, 5.41) is 4.18. The number of halogens is 2. The van der Waals surface area contributed by atoms with Crippen LogP contribution in [0, 0.1) is 0 Å². The Labute approximate surface area is 139 Å². The SMILES string of the molecule is ClC(c1csc(Br)c1)c1ccc2oc3ccccc3c2c1. The average Bonchev–Trinajstić information content (AvgIpc) is 3.09. The van der Waals surface area contributed by atoms with E-state index in [1.165, 1.54) is 0 Å². The van der Waals surface area contributed by atoms with Crippen molar-refractivity contribution in [1.29, 1.82) is 0 Å². The number of hydrogen-bond acceptors (Lipinski definition) is 2. The third-order valence-electron chi connectivity index (χ3n) is 3.57. The molecule has 0 saturated carbocycles. The van der Waals surface area contributed by atoms with Gasteiger partial charge in [-0.25, -0.2) is 0 Å². The molecule has 104 valence electrons. The van der Waals surface area contributed by atoms with Gasteiger partial charge in [-0.1, -0.05) is 24.3 Å². The molecule has 0 aliphatic rings. The normalized spacial score (nSPS) is 13.0. The Morgan fingerprint density at radius 1 is 0.952 bits per heavy atom. The minimum absolute atomic E-state index is 0.148. The van der Waals surface area contributed by atoms with Gasteiger partial charge in [-0.15, -0.1) is 22.9 Å². The zero-order valence-electron chi connectivity index (χ0n) is 10.8. The molecule has 0 aliphatic carbocycles. The topological polar surface area (TPSA) is 13.1 Å². The molecule has 2 aromatic carbocycles. The fourth-order valence-corrected chi connectivity index (χ4v) is 4.09. The molecule has 2 heterocycles. The summed E-state index contributed by atoms with van der Waals surface area (Å²) in [6.45, 7) is 0. The highest BCUT2D eigenvalue weighted by Crippen LogP contribution is 2.37. The minimum Gasteiger partial charge on any atom is -0.456 e. The lowest BCUT2D eigenvalue weighted by molar-refractivity contribution is 0.669. The van der Waals surface area contributed by atoms with Crippen molar-refractivity contribution in [2.75, 3.05) is 0 Å². The first kappa shape index (κ1) is 13.4. The lowest BCUT2D eigenvalue weighted by atomic mass is 10.0. The molecular weight excluding hydrogens is 368 g/mol. The van der Waals surface area contributed by atoms with E-state index in [1.54, 1.807) is 11.3 Å². The number of alkyl halides is 1. The standard InChI is InChI=1S/C17H10BrClOS/c18-16-8-11(9-21-16)17(19)10-5-6-15-13(7-10)12-3-1-2-4-14(12)20-15/h1-9,17H. The molecule has 21 heavy (non-hydrogen) atoms. The maximum Gasteiger partial charge on any atom is 0.135 e. The predicted octanol–water partition coefficient (Wildman–Crippen LogP) is 6.74. The lowest BCUT2D eigenvalue weighted by Gasteiger charge is -2.07. The van der Waals surface area contributed by atoms with E-state index >= 15 is 0 Å². The molecule has 1 unspecified atom stereocenters. The van der Waals surface area contributed by atoms with Gasteiger partial charge in [-0.3, -0.25) is 0 Å². The van der Waals surface area contributed by atoms with Gasteiger partial charge in [-0.05, 0) is 56.7 Å². The van der Waals surface area contributed by atoms with Crippen LogP contribution in [-0.4, -0.2) is 0 Å². The molecule has 1 nitrogen and oxygen atoms in total. The van der Waals surface area contributed by atoms with Crippen molar-refractivity contribution in [3.05, 3.63) is 68.8 Å². The number of hydrogen-bond donors (Lipinski definition) is 0. The Bertz CT molecular complexity index is 940. The van der Waals surface area contributed by atoms with E-state index in [0.29, 0.717) is 0 Å². The van der Waals surface area contributed by atoms with Gasteiger partial charge in [0.1, 0.15) is 11.2 Å². The Morgan fingerprint density at radius 2 is 1.76 bits per heavy atom. The third kappa shape index (κ3) is 2.30. The second kappa shape index (κ2) is 5.16. The molecule has 0 radical (unpaired) electrons. The summed E-state index contributed by atoms with van der Waals surface area (Å²) in [5.41, 5.74) is 4.01. The van der Waals surface area contributed by atoms with Gasteiger partial charge < -0.3 is 4.42 Å². The van der Waals surface area contributed by atoms with Crippen molar-refractivity contribution in [1.82, 2.24) is 0 Å². The summed E-state index contributed by atoms with van der Waals surface area (Å²) in [6.07, 6.45) is 0. The third-order valence-corrected chi connectivity index (χ3v) is 5.60. The van der Waals surface area contributed by atoms with Gasteiger partial charge in [0.15, 0.2) is 0 Å². The molecule has 0 saturated heterocycles. The van der Waals surface area contributed by atoms with Crippen LogP contribution in [0.25, 0.3) is 21.9 Å². The molecule has 0 N–H and O–H groups in total. The van der Waals surface area contributed by atoms with Crippen LogP contribution in [0.3, 0.4) is 0 Å². The lowest BCUT2D eigenvalue weighted by Crippen LogP contribution is -1.90. The van der Waals surface area contributed by atoms with E-state index < -0.39 is 0 Å². The van der Waals surface area contributed by atoms with Crippen molar-refractivity contribution in [3.63, 3.8) is 0 Å². The van der Waals surface area contributed by atoms with Crippen LogP contribution in [0.4, 0.5) is 0 Å². The van der Waals surface area contributed by atoms with E-state index in [4.69, 9.17) is 16.0 Å². The molecule has 0 aliphatic heterocycles. The van der Waals surface area contributed by atoms with Gasteiger partial charge in [0.05, 0.1) is 9.16 Å². The fourth-order valence-electron chi connectivity index (χ4n) is 2.55. The first-order valence-corrected chi connectivity index (χ1v) is 8.62. The highest BCUT2D eigenvalue weighted by Gasteiger charge is 2.15. The fraction of sp³-hybridized carbons (Fsp3) is 0.0588. The van der Waals surface area contributed by atoms with Crippen LogP contribution < -0.4 is 0 Å². The molecule has 4 aromatic rings. The van der Waals surface area contributed by atoms with Crippen LogP contribution in [0.2, 0.25) is 0 Å². The Balaban J connectivity index is 1.88. The summed E-state index contributed by atoms with van der Waals surface area (Å²) >= 11 is 11.8. The molecule has 4 heteroatoms. The zero-order valence-corrected chi connectivity index (χ0v) is 14.0. The quantitative estimate of drug-likeness (QED) is 0.353. The first-order valence-electron chi connectivity index (χ1n) is 6.51. The smallest absolute Gasteiger partial charge is 0.135 e. The van der Waals surface area contributed by atoms with Crippen molar-refractivity contribution in [3.8, 4) is 0 Å². The van der Waals surface area contributed by atoms with E-state index in [-0.39, 0.29) is 5.38 Å². The zero-order chi connectivity index (χ0) is 14.4. The maximum absolute atomic E-state index is 6.62. The summed E-state index contributed by atoms with van der Waals surface area (Å²) in [4.78, 5) is 0. The average molecular weight is 378 g/mol. The second-order valence-electron chi connectivity index (χ2n) is 4.90. The summed E-state index contributed by atoms with van der Waals surface area (Å²) in [5.74, 6) is 0. The molecule has 0 bridgehead atoms. The second-order valence-corrected chi connectivity index (χ2v) is 7.63. The molecule has 1 atom stereocenters. The van der Waals surface area contributed by atoms with Crippen LogP contribution in [-0.2, 0) is 0 Å². The minimum atomic E-state index is -0.148. The summed E-state index contributed by atoms with van der Waals surface area (Å²) in [7, 11) is 0. The number of rotatable bonds is 2. The number of benzene rings is 2. The summed E-state index contributed by atoms with van der Waals surface area (Å²) < 4.78 is 6.94. The molecule has 4 rings (SSSR count). The Hall–Kier alpha value is -1.29. The molecule has 0 spiro atoms. The van der Waals surface area contributed by atoms with E-state index in [0.717, 1.165) is 36.9 Å². The van der Waals surface area contributed by atoms with E-state index in [1.807, 2.05) is 30.3 Å². The van der Waals surface area contributed by atoms with Crippen LogP contribution >= 0.6 is 38.9 Å².